The van der Waals surface area contributed by atoms with Gasteiger partial charge in [-0.05, 0) is 31.8 Å². The van der Waals surface area contributed by atoms with E-state index >= 15 is 0 Å². The third-order valence-electron chi connectivity index (χ3n) is 1.60. The van der Waals surface area contributed by atoms with Crippen molar-refractivity contribution in [1.82, 2.24) is 9.88 Å². The molecule has 1 aromatic heterocycles. The number of nitrogens with one attached hydrogen (secondary N) is 1. The molecule has 4 heteroatoms. The highest BCUT2D eigenvalue weighted by atomic mass is 15.0. The van der Waals surface area contributed by atoms with Crippen molar-refractivity contribution >= 4 is 5.84 Å². The van der Waals surface area contributed by atoms with Crippen molar-refractivity contribution in [1.29, 1.82) is 5.41 Å². The maximum absolute atomic E-state index is 7.22. The standard InChI is InChI=1S/C9H14N4/c1-13(2)6-7-3-4-12-8(5-7)9(10)11/h3-5H,6H2,1-2H3,(H3,10,11). The van der Waals surface area contributed by atoms with Crippen LogP contribution in [0.5, 0.6) is 0 Å². The molecule has 0 aromatic carbocycles. The van der Waals surface area contributed by atoms with Crippen LogP contribution in [0.25, 0.3) is 0 Å². The fourth-order valence-corrected chi connectivity index (χ4v) is 1.09. The van der Waals surface area contributed by atoms with E-state index in [-0.39, 0.29) is 5.84 Å². The molecular formula is C9H14N4. The van der Waals surface area contributed by atoms with Crippen LogP contribution in [0.15, 0.2) is 18.3 Å². The quantitative estimate of drug-likeness (QED) is 0.521. The summed E-state index contributed by atoms with van der Waals surface area (Å²) in [5.41, 5.74) is 6.98. The van der Waals surface area contributed by atoms with Crippen molar-refractivity contribution in [2.45, 2.75) is 6.54 Å². The Hall–Kier alpha value is -1.42. The van der Waals surface area contributed by atoms with E-state index in [4.69, 9.17) is 11.1 Å². The number of pyridine rings is 1. The molecule has 1 aromatic rings. The van der Waals surface area contributed by atoms with E-state index < -0.39 is 0 Å². The van der Waals surface area contributed by atoms with Gasteiger partial charge in [0, 0.05) is 12.7 Å². The predicted octanol–water partition coefficient (Wildman–Crippen LogP) is 0.427. The molecule has 0 bridgehead atoms. The van der Waals surface area contributed by atoms with E-state index in [0.717, 1.165) is 12.1 Å². The second-order valence-electron chi connectivity index (χ2n) is 3.20. The topological polar surface area (TPSA) is 66.0 Å². The zero-order valence-corrected chi connectivity index (χ0v) is 7.91. The van der Waals surface area contributed by atoms with Crippen LogP contribution in [0, 0.1) is 5.41 Å². The van der Waals surface area contributed by atoms with E-state index in [1.165, 1.54) is 0 Å². The predicted molar refractivity (Wildman–Crippen MR) is 52.6 cm³/mol. The number of amidine groups is 1. The molecule has 0 saturated heterocycles. The summed E-state index contributed by atoms with van der Waals surface area (Å²) in [4.78, 5) is 6.03. The average Bonchev–Trinajstić information content (AvgIpc) is 2.03. The first-order chi connectivity index (χ1) is 6.09. The Morgan fingerprint density at radius 1 is 1.62 bits per heavy atom. The highest BCUT2D eigenvalue weighted by Crippen LogP contribution is 2.03. The van der Waals surface area contributed by atoms with Gasteiger partial charge in [-0.3, -0.25) is 10.4 Å². The van der Waals surface area contributed by atoms with Crippen molar-refractivity contribution in [3.63, 3.8) is 0 Å². The lowest BCUT2D eigenvalue weighted by molar-refractivity contribution is 0.402. The minimum absolute atomic E-state index is 0.0145. The van der Waals surface area contributed by atoms with Gasteiger partial charge in [0.15, 0.2) is 0 Å². The largest absolute Gasteiger partial charge is 0.382 e. The number of nitrogens with two attached hydrogens (primary N) is 1. The summed E-state index contributed by atoms with van der Waals surface area (Å²) in [7, 11) is 3.99. The molecule has 0 aliphatic rings. The van der Waals surface area contributed by atoms with Gasteiger partial charge in [-0.1, -0.05) is 0 Å². The van der Waals surface area contributed by atoms with E-state index in [2.05, 4.69) is 9.88 Å². The van der Waals surface area contributed by atoms with Gasteiger partial charge in [0.2, 0.25) is 0 Å². The molecule has 0 amide bonds. The minimum atomic E-state index is 0.0145. The van der Waals surface area contributed by atoms with Crippen LogP contribution in [0.3, 0.4) is 0 Å². The van der Waals surface area contributed by atoms with Gasteiger partial charge < -0.3 is 10.6 Å². The summed E-state index contributed by atoms with van der Waals surface area (Å²) in [5, 5.41) is 7.22. The molecule has 0 fully saturated rings. The van der Waals surface area contributed by atoms with Gasteiger partial charge in [-0.25, -0.2) is 0 Å². The van der Waals surface area contributed by atoms with Crippen molar-refractivity contribution in [3.05, 3.63) is 29.6 Å². The van der Waals surface area contributed by atoms with Crippen LogP contribution in [0.1, 0.15) is 11.3 Å². The molecule has 1 rings (SSSR count). The molecule has 0 saturated carbocycles. The van der Waals surface area contributed by atoms with E-state index in [1.54, 1.807) is 6.20 Å². The Morgan fingerprint density at radius 3 is 2.85 bits per heavy atom. The number of aromatic nitrogens is 1. The first-order valence-electron chi connectivity index (χ1n) is 4.03. The lowest BCUT2D eigenvalue weighted by Gasteiger charge is -2.09. The zero-order valence-electron chi connectivity index (χ0n) is 7.91. The maximum Gasteiger partial charge on any atom is 0.141 e. The molecule has 3 N–H and O–H groups in total. The Kier molecular flexibility index (Phi) is 2.97. The second kappa shape index (κ2) is 4.00. The normalized spacial score (nSPS) is 10.4. The van der Waals surface area contributed by atoms with Crippen LogP contribution in [0.2, 0.25) is 0 Å². The first-order valence-corrected chi connectivity index (χ1v) is 4.03. The second-order valence-corrected chi connectivity index (χ2v) is 3.20. The summed E-state index contributed by atoms with van der Waals surface area (Å²) in [6.45, 7) is 0.836. The smallest absolute Gasteiger partial charge is 0.141 e. The minimum Gasteiger partial charge on any atom is -0.382 e. The molecule has 0 atom stereocenters. The van der Waals surface area contributed by atoms with Crippen molar-refractivity contribution in [2.24, 2.45) is 5.73 Å². The lowest BCUT2D eigenvalue weighted by atomic mass is 10.2. The van der Waals surface area contributed by atoms with Crippen LogP contribution < -0.4 is 5.73 Å². The molecule has 4 nitrogen and oxygen atoms in total. The van der Waals surface area contributed by atoms with Crippen LogP contribution in [0.4, 0.5) is 0 Å². The molecule has 70 valence electrons. The summed E-state index contributed by atoms with van der Waals surface area (Å²) < 4.78 is 0. The van der Waals surface area contributed by atoms with Crippen LogP contribution in [-0.4, -0.2) is 29.8 Å². The number of nitrogens with zero attached hydrogens (tertiary/aromatic N) is 2. The van der Waals surface area contributed by atoms with Crippen molar-refractivity contribution in [2.75, 3.05) is 14.1 Å². The third kappa shape index (κ3) is 2.83. The number of rotatable bonds is 3. The van der Waals surface area contributed by atoms with Crippen LogP contribution >= 0.6 is 0 Å². The SMILES string of the molecule is CN(C)Cc1ccnc(C(=N)N)c1. The summed E-state index contributed by atoms with van der Waals surface area (Å²) in [5.74, 6) is 0.0145. The molecule has 0 radical (unpaired) electrons. The Labute approximate surface area is 77.9 Å². The van der Waals surface area contributed by atoms with Gasteiger partial charge in [-0.15, -0.1) is 0 Å². The van der Waals surface area contributed by atoms with Gasteiger partial charge >= 0.3 is 0 Å². The van der Waals surface area contributed by atoms with Gasteiger partial charge in [0.1, 0.15) is 11.5 Å². The van der Waals surface area contributed by atoms with Gasteiger partial charge in [0.05, 0.1) is 0 Å². The Morgan fingerprint density at radius 2 is 2.31 bits per heavy atom. The highest BCUT2D eigenvalue weighted by Gasteiger charge is 2.00. The van der Waals surface area contributed by atoms with Gasteiger partial charge in [-0.2, -0.15) is 0 Å². The van der Waals surface area contributed by atoms with Crippen molar-refractivity contribution in [3.8, 4) is 0 Å². The van der Waals surface area contributed by atoms with E-state index in [9.17, 15) is 0 Å². The first kappa shape index (κ1) is 9.67. The molecule has 13 heavy (non-hydrogen) atoms. The monoisotopic (exact) mass is 178 g/mol. The Balaban J connectivity index is 2.85. The number of nitrogen functional groups attached to an aromatic ring is 1. The lowest BCUT2D eigenvalue weighted by Crippen LogP contribution is -2.15. The highest BCUT2D eigenvalue weighted by molar-refractivity contribution is 5.93. The van der Waals surface area contributed by atoms with Gasteiger partial charge in [0.25, 0.3) is 0 Å². The molecule has 0 aliphatic heterocycles. The summed E-state index contributed by atoms with van der Waals surface area (Å²) in [6.07, 6.45) is 1.68. The van der Waals surface area contributed by atoms with Crippen molar-refractivity contribution < 1.29 is 0 Å². The van der Waals surface area contributed by atoms with Crippen LogP contribution in [-0.2, 0) is 6.54 Å². The van der Waals surface area contributed by atoms with E-state index in [1.807, 2.05) is 26.2 Å². The fourth-order valence-electron chi connectivity index (χ4n) is 1.09. The summed E-state index contributed by atoms with van der Waals surface area (Å²) in [6, 6.07) is 3.76. The summed E-state index contributed by atoms with van der Waals surface area (Å²) >= 11 is 0. The average molecular weight is 178 g/mol. The maximum atomic E-state index is 7.22. The molecule has 0 unspecified atom stereocenters. The number of hydrogen-bond acceptors (Lipinski definition) is 3. The van der Waals surface area contributed by atoms with E-state index in [0.29, 0.717) is 5.69 Å². The zero-order chi connectivity index (χ0) is 9.84. The third-order valence-corrected chi connectivity index (χ3v) is 1.60. The molecular weight excluding hydrogens is 164 g/mol. The molecule has 0 spiro atoms. The molecule has 0 aliphatic carbocycles. The Bertz CT molecular complexity index is 306. The fraction of sp³-hybridized carbons (Fsp3) is 0.333. The molecule has 1 heterocycles. The number of hydrogen-bond donors (Lipinski definition) is 2.